The number of hydrogen-bond donors (Lipinski definition) is 1. The number of rotatable bonds is 3. The number of likely N-dealkylation sites (tertiary alicyclic amines) is 1. The van der Waals surface area contributed by atoms with Crippen LogP contribution < -0.4 is 5.32 Å². The number of carbonyl (C=O) groups is 1. The van der Waals surface area contributed by atoms with Crippen molar-refractivity contribution in [1.29, 1.82) is 0 Å². The molecule has 2 heterocycles. The molecule has 1 aliphatic heterocycles. The summed E-state index contributed by atoms with van der Waals surface area (Å²) in [7, 11) is 3.13. The van der Waals surface area contributed by atoms with E-state index in [1.54, 1.807) is 14.0 Å². The molecule has 1 aliphatic rings. The number of nitrogens with one attached hydrogen (secondary N) is 1. The summed E-state index contributed by atoms with van der Waals surface area (Å²) in [5.41, 5.74) is 0. The Morgan fingerprint density at radius 3 is 2.82 bits per heavy atom. The lowest BCUT2D eigenvalue weighted by atomic mass is 9.99. The molecule has 22 heavy (non-hydrogen) atoms. The molecule has 0 bridgehead atoms. The number of ether oxygens (including phenoxy) is 1. The highest BCUT2D eigenvalue weighted by Gasteiger charge is 2.36. The van der Waals surface area contributed by atoms with Crippen LogP contribution in [0.5, 0.6) is 0 Å². The fourth-order valence-corrected chi connectivity index (χ4v) is 2.50. The number of aryl methyl sites for hydroxylation is 1. The van der Waals surface area contributed by atoms with E-state index in [1.165, 1.54) is 7.11 Å². The van der Waals surface area contributed by atoms with Gasteiger partial charge < -0.3 is 19.5 Å². The molecule has 2 atom stereocenters. The molecule has 2 rings (SSSR count). The van der Waals surface area contributed by atoms with Gasteiger partial charge in [0.05, 0.1) is 19.6 Å². The lowest BCUT2D eigenvalue weighted by Crippen LogP contribution is -2.40. The van der Waals surface area contributed by atoms with Crippen molar-refractivity contribution in [2.75, 3.05) is 27.2 Å². The van der Waals surface area contributed by atoms with Gasteiger partial charge in [0.2, 0.25) is 5.89 Å². The molecule has 0 radical (unpaired) electrons. The third kappa shape index (κ3) is 4.31. The fourth-order valence-electron chi connectivity index (χ4n) is 2.50. The predicted octanol–water partition coefficient (Wildman–Crippen LogP) is 0.812. The highest BCUT2D eigenvalue weighted by atomic mass is 127. The van der Waals surface area contributed by atoms with Crippen molar-refractivity contribution >= 4 is 35.9 Å². The van der Waals surface area contributed by atoms with Crippen LogP contribution in [0.4, 0.5) is 0 Å². The third-order valence-electron chi connectivity index (χ3n) is 3.59. The van der Waals surface area contributed by atoms with Crippen LogP contribution in [0.2, 0.25) is 0 Å². The number of aliphatic imine (C=N–C) groups is 1. The number of carbonyl (C=O) groups excluding carboxylic acids is 1. The summed E-state index contributed by atoms with van der Waals surface area (Å²) >= 11 is 0. The zero-order valence-corrected chi connectivity index (χ0v) is 15.5. The molecular weight excluding hydrogens is 401 g/mol. The second-order valence-electron chi connectivity index (χ2n) is 5.15. The molecule has 0 aromatic carbocycles. The standard InChI is InChI=1S/C13H21N5O3.HI/c1-8-6-18(7-10(8)12(19)20-4)13(14-3)15-5-11-16-9(2)17-21-11;/h8,10H,5-7H2,1-4H3,(H,14,15);1H. The first-order valence-electron chi connectivity index (χ1n) is 6.87. The van der Waals surface area contributed by atoms with Gasteiger partial charge in [-0.15, -0.1) is 24.0 Å². The Hall–Kier alpha value is -1.39. The van der Waals surface area contributed by atoms with Crippen LogP contribution in [0.1, 0.15) is 18.6 Å². The molecule has 8 nitrogen and oxygen atoms in total. The summed E-state index contributed by atoms with van der Waals surface area (Å²) in [6.07, 6.45) is 0. The minimum atomic E-state index is -0.173. The number of hydrogen-bond acceptors (Lipinski definition) is 6. The number of esters is 1. The molecule has 2 unspecified atom stereocenters. The van der Waals surface area contributed by atoms with Crippen molar-refractivity contribution in [2.24, 2.45) is 16.8 Å². The molecular formula is C13H22IN5O3. The molecule has 1 N–H and O–H groups in total. The van der Waals surface area contributed by atoms with Crippen molar-refractivity contribution in [3.05, 3.63) is 11.7 Å². The van der Waals surface area contributed by atoms with Crippen LogP contribution in [0, 0.1) is 18.8 Å². The first-order chi connectivity index (χ1) is 10.0. The van der Waals surface area contributed by atoms with Gasteiger partial charge in [0.25, 0.3) is 0 Å². The number of halogens is 1. The van der Waals surface area contributed by atoms with Crippen LogP contribution in [0.15, 0.2) is 9.52 Å². The van der Waals surface area contributed by atoms with E-state index >= 15 is 0 Å². The van der Waals surface area contributed by atoms with Gasteiger partial charge in [0, 0.05) is 20.1 Å². The van der Waals surface area contributed by atoms with E-state index in [-0.39, 0.29) is 41.8 Å². The number of methoxy groups -OCH3 is 1. The van der Waals surface area contributed by atoms with Gasteiger partial charge in [0.1, 0.15) is 0 Å². The summed E-state index contributed by atoms with van der Waals surface area (Å²) in [6, 6.07) is 0. The van der Waals surface area contributed by atoms with Gasteiger partial charge in [0.15, 0.2) is 11.8 Å². The van der Waals surface area contributed by atoms with E-state index in [1.807, 2.05) is 11.8 Å². The van der Waals surface area contributed by atoms with Crippen molar-refractivity contribution in [3.63, 3.8) is 0 Å². The van der Waals surface area contributed by atoms with Crippen LogP contribution in [0.3, 0.4) is 0 Å². The number of guanidine groups is 1. The van der Waals surface area contributed by atoms with Gasteiger partial charge in [-0.2, -0.15) is 4.98 Å². The molecule has 1 aromatic heterocycles. The Morgan fingerprint density at radius 1 is 1.55 bits per heavy atom. The number of nitrogens with zero attached hydrogens (tertiary/aromatic N) is 4. The summed E-state index contributed by atoms with van der Waals surface area (Å²) in [5.74, 6) is 1.74. The molecule has 0 spiro atoms. The van der Waals surface area contributed by atoms with Gasteiger partial charge >= 0.3 is 5.97 Å². The Labute approximate surface area is 146 Å². The van der Waals surface area contributed by atoms with Crippen molar-refractivity contribution in [2.45, 2.75) is 20.4 Å². The van der Waals surface area contributed by atoms with E-state index in [0.717, 1.165) is 6.54 Å². The summed E-state index contributed by atoms with van der Waals surface area (Å²) in [6.45, 7) is 5.56. The van der Waals surface area contributed by atoms with Crippen molar-refractivity contribution < 1.29 is 14.1 Å². The maximum atomic E-state index is 11.7. The van der Waals surface area contributed by atoms with E-state index in [2.05, 4.69) is 20.4 Å². The van der Waals surface area contributed by atoms with Crippen LogP contribution in [-0.4, -0.2) is 54.2 Å². The molecule has 1 fully saturated rings. The largest absolute Gasteiger partial charge is 0.469 e. The van der Waals surface area contributed by atoms with Crippen LogP contribution >= 0.6 is 24.0 Å². The average Bonchev–Trinajstić information content (AvgIpc) is 3.05. The van der Waals surface area contributed by atoms with Gasteiger partial charge in [-0.05, 0) is 12.8 Å². The minimum Gasteiger partial charge on any atom is -0.469 e. The van der Waals surface area contributed by atoms with E-state index in [0.29, 0.717) is 30.8 Å². The minimum absolute atomic E-state index is 0. The summed E-state index contributed by atoms with van der Waals surface area (Å²) < 4.78 is 9.89. The van der Waals surface area contributed by atoms with E-state index in [9.17, 15) is 4.79 Å². The van der Waals surface area contributed by atoms with Gasteiger partial charge in [-0.3, -0.25) is 9.79 Å². The molecule has 0 aliphatic carbocycles. The second kappa shape index (κ2) is 8.30. The monoisotopic (exact) mass is 423 g/mol. The van der Waals surface area contributed by atoms with Crippen LogP contribution in [0.25, 0.3) is 0 Å². The topological polar surface area (TPSA) is 92.9 Å². The van der Waals surface area contributed by atoms with Crippen LogP contribution in [-0.2, 0) is 16.1 Å². The lowest BCUT2D eigenvalue weighted by Gasteiger charge is -2.20. The maximum Gasteiger partial charge on any atom is 0.310 e. The smallest absolute Gasteiger partial charge is 0.310 e. The molecule has 124 valence electrons. The average molecular weight is 423 g/mol. The predicted molar refractivity (Wildman–Crippen MR) is 90.9 cm³/mol. The second-order valence-corrected chi connectivity index (χ2v) is 5.15. The Kier molecular flexibility index (Phi) is 7.04. The van der Waals surface area contributed by atoms with E-state index in [4.69, 9.17) is 9.26 Å². The van der Waals surface area contributed by atoms with Gasteiger partial charge in [-0.25, -0.2) is 0 Å². The normalized spacial score (nSPS) is 21.5. The zero-order chi connectivity index (χ0) is 15.4. The highest BCUT2D eigenvalue weighted by molar-refractivity contribution is 14.0. The SMILES string of the molecule is CN=C(NCc1nc(C)no1)N1CC(C)C(C(=O)OC)C1.I. The highest BCUT2D eigenvalue weighted by Crippen LogP contribution is 2.24. The van der Waals surface area contributed by atoms with Crippen molar-refractivity contribution in [1.82, 2.24) is 20.4 Å². The number of aromatic nitrogens is 2. The summed E-state index contributed by atoms with van der Waals surface area (Å²) in [4.78, 5) is 22.1. The summed E-state index contributed by atoms with van der Waals surface area (Å²) in [5, 5.41) is 6.90. The Morgan fingerprint density at radius 2 is 2.27 bits per heavy atom. The maximum absolute atomic E-state index is 11.7. The Bertz CT molecular complexity index is 534. The first-order valence-corrected chi connectivity index (χ1v) is 6.87. The Balaban J connectivity index is 0.00000242. The first kappa shape index (κ1) is 18.7. The zero-order valence-electron chi connectivity index (χ0n) is 13.2. The lowest BCUT2D eigenvalue weighted by molar-refractivity contribution is -0.145. The molecule has 1 saturated heterocycles. The molecule has 0 amide bonds. The molecule has 0 saturated carbocycles. The quantitative estimate of drug-likeness (QED) is 0.333. The van der Waals surface area contributed by atoms with Crippen molar-refractivity contribution in [3.8, 4) is 0 Å². The third-order valence-corrected chi connectivity index (χ3v) is 3.59. The van der Waals surface area contributed by atoms with Gasteiger partial charge in [-0.1, -0.05) is 12.1 Å². The van der Waals surface area contributed by atoms with E-state index < -0.39 is 0 Å². The molecule has 9 heteroatoms. The fraction of sp³-hybridized carbons (Fsp3) is 0.692. The molecule has 1 aromatic rings.